The van der Waals surface area contributed by atoms with Crippen LogP contribution in [0.5, 0.6) is 0 Å². The topological polar surface area (TPSA) is 86.9 Å². The largest absolute Gasteiger partial charge is 0.356 e. The summed E-state index contributed by atoms with van der Waals surface area (Å²) in [6.07, 6.45) is 1.99. The van der Waals surface area contributed by atoms with Crippen molar-refractivity contribution in [2.24, 2.45) is 5.92 Å². The second-order valence-corrected chi connectivity index (χ2v) is 5.38. The molecular weight excluding hydrogens is 268 g/mol. The molecule has 0 saturated carbocycles. The number of rotatable bonds is 6. The maximum Gasteiger partial charge on any atom is 0.251 e. The van der Waals surface area contributed by atoms with Gasteiger partial charge in [0, 0.05) is 30.5 Å². The van der Waals surface area contributed by atoms with Crippen LogP contribution < -0.4 is 10.6 Å². The Kier molecular flexibility index (Phi) is 4.92. The van der Waals surface area contributed by atoms with Gasteiger partial charge in [0.05, 0.1) is 11.7 Å². The molecule has 1 aromatic heterocycles. The summed E-state index contributed by atoms with van der Waals surface area (Å²) in [6, 6.07) is 5.33. The van der Waals surface area contributed by atoms with Crippen molar-refractivity contribution in [1.29, 1.82) is 0 Å². The van der Waals surface area contributed by atoms with Gasteiger partial charge in [-0.3, -0.25) is 14.7 Å². The van der Waals surface area contributed by atoms with Gasteiger partial charge >= 0.3 is 0 Å². The van der Waals surface area contributed by atoms with Crippen molar-refractivity contribution in [2.45, 2.75) is 20.3 Å². The fourth-order valence-electron chi connectivity index (χ4n) is 1.88. The van der Waals surface area contributed by atoms with E-state index in [1.165, 1.54) is 0 Å². The lowest BCUT2D eigenvalue weighted by Crippen LogP contribution is -2.32. The Morgan fingerprint density at radius 3 is 2.86 bits per heavy atom. The molecule has 0 aliphatic rings. The van der Waals surface area contributed by atoms with E-state index in [1.54, 1.807) is 18.3 Å². The quantitative estimate of drug-likeness (QED) is 0.752. The van der Waals surface area contributed by atoms with E-state index >= 15 is 0 Å². The second-order valence-electron chi connectivity index (χ2n) is 5.38. The Morgan fingerprint density at radius 1 is 1.29 bits per heavy atom. The maximum atomic E-state index is 12.0. The van der Waals surface area contributed by atoms with E-state index in [4.69, 9.17) is 0 Å². The zero-order valence-corrected chi connectivity index (χ0v) is 12.3. The first-order valence-corrected chi connectivity index (χ1v) is 7.04. The van der Waals surface area contributed by atoms with Crippen LogP contribution in [0.1, 0.15) is 30.6 Å². The number of hydrogen-bond acceptors (Lipinski definition) is 3. The van der Waals surface area contributed by atoms with Gasteiger partial charge in [0.15, 0.2) is 0 Å². The van der Waals surface area contributed by atoms with Crippen LogP contribution in [-0.2, 0) is 4.79 Å². The Bertz CT molecular complexity index is 633. The molecule has 21 heavy (non-hydrogen) atoms. The molecule has 2 rings (SSSR count). The fourth-order valence-corrected chi connectivity index (χ4v) is 1.88. The minimum Gasteiger partial charge on any atom is -0.356 e. The van der Waals surface area contributed by atoms with Crippen LogP contribution in [0.4, 0.5) is 0 Å². The monoisotopic (exact) mass is 288 g/mol. The van der Waals surface area contributed by atoms with E-state index < -0.39 is 0 Å². The summed E-state index contributed by atoms with van der Waals surface area (Å²) >= 11 is 0. The smallest absolute Gasteiger partial charge is 0.251 e. The van der Waals surface area contributed by atoms with Gasteiger partial charge in [-0.05, 0) is 18.1 Å². The van der Waals surface area contributed by atoms with Crippen molar-refractivity contribution in [3.63, 3.8) is 0 Å². The van der Waals surface area contributed by atoms with Crippen LogP contribution in [0.3, 0.4) is 0 Å². The van der Waals surface area contributed by atoms with E-state index in [1.807, 2.05) is 19.9 Å². The van der Waals surface area contributed by atoms with Crippen LogP contribution in [0.15, 0.2) is 24.4 Å². The molecule has 6 nitrogen and oxygen atoms in total. The highest BCUT2D eigenvalue weighted by Crippen LogP contribution is 2.12. The van der Waals surface area contributed by atoms with E-state index in [2.05, 4.69) is 20.8 Å². The molecule has 112 valence electrons. The van der Waals surface area contributed by atoms with E-state index in [9.17, 15) is 9.59 Å². The summed E-state index contributed by atoms with van der Waals surface area (Å²) in [7, 11) is 0. The van der Waals surface area contributed by atoms with Crippen molar-refractivity contribution < 1.29 is 9.59 Å². The van der Waals surface area contributed by atoms with Crippen molar-refractivity contribution in [1.82, 2.24) is 20.8 Å². The first-order chi connectivity index (χ1) is 10.1. The summed E-state index contributed by atoms with van der Waals surface area (Å²) < 4.78 is 0. The van der Waals surface area contributed by atoms with Crippen LogP contribution >= 0.6 is 0 Å². The number of benzene rings is 1. The van der Waals surface area contributed by atoms with Gasteiger partial charge < -0.3 is 10.6 Å². The van der Waals surface area contributed by atoms with E-state index in [-0.39, 0.29) is 18.2 Å². The predicted octanol–water partition coefficient (Wildman–Crippen LogP) is 1.45. The highest BCUT2D eigenvalue weighted by atomic mass is 16.2. The Morgan fingerprint density at radius 2 is 2.10 bits per heavy atom. The van der Waals surface area contributed by atoms with E-state index in [0.717, 1.165) is 10.9 Å². The third-order valence-corrected chi connectivity index (χ3v) is 3.05. The number of nitrogens with one attached hydrogen (secondary N) is 3. The lowest BCUT2D eigenvalue weighted by molar-refractivity contribution is -0.121. The third-order valence-electron chi connectivity index (χ3n) is 3.05. The Balaban J connectivity index is 1.80. The molecule has 1 aromatic carbocycles. The first kappa shape index (κ1) is 15.0. The average molecular weight is 288 g/mol. The summed E-state index contributed by atoms with van der Waals surface area (Å²) in [5.74, 6) is 0.181. The number of carbonyl (C=O) groups is 2. The summed E-state index contributed by atoms with van der Waals surface area (Å²) in [5, 5.41) is 13.2. The zero-order valence-electron chi connectivity index (χ0n) is 12.3. The second kappa shape index (κ2) is 6.88. The molecule has 6 heteroatoms. The van der Waals surface area contributed by atoms with Gasteiger partial charge in [0.2, 0.25) is 5.91 Å². The molecule has 0 aliphatic heterocycles. The Labute approximate surface area is 123 Å². The minimum absolute atomic E-state index is 0.0481. The molecule has 0 atom stereocenters. The molecule has 0 fully saturated rings. The molecule has 1 heterocycles. The number of fused-ring (bicyclic) bond motifs is 1. The fraction of sp³-hybridized carbons (Fsp3) is 0.400. The van der Waals surface area contributed by atoms with Gasteiger partial charge in [-0.1, -0.05) is 19.9 Å². The molecule has 0 saturated heterocycles. The molecule has 0 radical (unpaired) electrons. The first-order valence-electron chi connectivity index (χ1n) is 7.04. The van der Waals surface area contributed by atoms with Gasteiger partial charge in [-0.2, -0.15) is 5.10 Å². The van der Waals surface area contributed by atoms with Gasteiger partial charge in [-0.15, -0.1) is 0 Å². The normalized spacial score (nSPS) is 10.8. The lowest BCUT2D eigenvalue weighted by atomic mass is 10.1. The number of aromatic nitrogens is 2. The number of carbonyl (C=O) groups excluding carboxylic acids is 2. The molecule has 2 aromatic rings. The summed E-state index contributed by atoms with van der Waals surface area (Å²) in [5.41, 5.74) is 1.37. The third kappa shape index (κ3) is 4.30. The Hall–Kier alpha value is -2.37. The molecule has 0 bridgehead atoms. The van der Waals surface area contributed by atoms with Crippen LogP contribution in [-0.4, -0.2) is 35.1 Å². The SMILES string of the molecule is CC(C)CNC(=O)CCNC(=O)c1ccc2cn[nH]c2c1. The summed E-state index contributed by atoms with van der Waals surface area (Å²) in [6.45, 7) is 5.05. The van der Waals surface area contributed by atoms with Gasteiger partial charge in [0.1, 0.15) is 0 Å². The average Bonchev–Trinajstić information content (AvgIpc) is 2.92. The minimum atomic E-state index is -0.192. The molecule has 3 N–H and O–H groups in total. The van der Waals surface area contributed by atoms with Crippen LogP contribution in [0.2, 0.25) is 0 Å². The number of amides is 2. The molecule has 2 amide bonds. The summed E-state index contributed by atoms with van der Waals surface area (Å²) in [4.78, 5) is 23.5. The van der Waals surface area contributed by atoms with E-state index in [0.29, 0.717) is 24.6 Å². The van der Waals surface area contributed by atoms with Crippen molar-refractivity contribution in [3.8, 4) is 0 Å². The molecule has 0 spiro atoms. The highest BCUT2D eigenvalue weighted by Gasteiger charge is 2.08. The number of nitrogens with zero attached hydrogens (tertiary/aromatic N) is 1. The molecular formula is C15H20N4O2. The van der Waals surface area contributed by atoms with Crippen LogP contribution in [0, 0.1) is 5.92 Å². The number of H-pyrrole nitrogens is 1. The number of aromatic amines is 1. The zero-order chi connectivity index (χ0) is 15.2. The number of hydrogen-bond donors (Lipinski definition) is 3. The highest BCUT2D eigenvalue weighted by molar-refractivity contribution is 5.97. The van der Waals surface area contributed by atoms with Crippen molar-refractivity contribution in [2.75, 3.05) is 13.1 Å². The van der Waals surface area contributed by atoms with Crippen LogP contribution in [0.25, 0.3) is 10.9 Å². The maximum absolute atomic E-state index is 12.0. The molecule has 0 aliphatic carbocycles. The van der Waals surface area contributed by atoms with Gasteiger partial charge in [0.25, 0.3) is 5.91 Å². The van der Waals surface area contributed by atoms with Gasteiger partial charge in [-0.25, -0.2) is 0 Å². The standard InChI is InChI=1S/C15H20N4O2/c1-10(2)8-17-14(20)5-6-16-15(21)11-3-4-12-9-18-19-13(12)7-11/h3-4,7,9-10H,5-6,8H2,1-2H3,(H,16,21)(H,17,20)(H,18,19). The van der Waals surface area contributed by atoms with Crippen molar-refractivity contribution >= 4 is 22.7 Å². The van der Waals surface area contributed by atoms with Crippen molar-refractivity contribution in [3.05, 3.63) is 30.0 Å². The predicted molar refractivity (Wildman–Crippen MR) is 80.9 cm³/mol. The lowest BCUT2D eigenvalue weighted by Gasteiger charge is -2.08. The molecule has 0 unspecified atom stereocenters.